The van der Waals surface area contributed by atoms with Gasteiger partial charge in [-0.2, -0.15) is 0 Å². The third kappa shape index (κ3) is 15.4. The van der Waals surface area contributed by atoms with Crippen molar-refractivity contribution in [3.63, 3.8) is 0 Å². The first-order chi connectivity index (χ1) is 19.5. The van der Waals surface area contributed by atoms with Crippen molar-refractivity contribution in [1.29, 1.82) is 0 Å². The Bertz CT molecular complexity index is 1080. The highest BCUT2D eigenvalue weighted by Crippen LogP contribution is 2.53. The van der Waals surface area contributed by atoms with E-state index in [-0.39, 0.29) is 12.8 Å². The van der Waals surface area contributed by atoms with E-state index in [4.69, 9.17) is 14.0 Å². The normalized spacial score (nSPS) is 27.2. The molecule has 0 bridgehead atoms. The quantitative estimate of drug-likeness (QED) is 0.0589. The van der Waals surface area contributed by atoms with Crippen LogP contribution in [-0.2, 0) is 59.9 Å². The molecule has 1 rings (SSSR count). The van der Waals surface area contributed by atoms with Gasteiger partial charge in [-0.05, 0) is 12.8 Å². The fraction of sp³-hybridized carbons (Fsp3) is 0.882. The van der Waals surface area contributed by atoms with Crippen molar-refractivity contribution < 1.29 is 104 Å². The number of hydrogen-bond acceptors (Lipinski definition) is 15. The molecule has 9 N–H and O–H groups in total. The summed E-state index contributed by atoms with van der Waals surface area (Å²) >= 11 is 0. The Balaban J connectivity index is 3.30. The molecule has 0 amide bonds. The Labute approximate surface area is 243 Å². The summed E-state index contributed by atoms with van der Waals surface area (Å²) in [7, 11) is -22.8. The number of phosphoric acid groups is 4. The summed E-state index contributed by atoms with van der Waals surface area (Å²) in [4.78, 5) is 89.0. The minimum Gasteiger partial charge on any atom is -0.462 e. The van der Waals surface area contributed by atoms with Gasteiger partial charge in [0.05, 0.1) is 6.61 Å². The molecule has 0 saturated heterocycles. The first kappa shape index (κ1) is 40.3. The molecule has 1 aliphatic carbocycles. The van der Waals surface area contributed by atoms with Crippen LogP contribution in [-0.4, -0.2) is 112 Å². The molecular formula is C17H34O22P4. The van der Waals surface area contributed by atoms with Gasteiger partial charge in [0.1, 0.15) is 43.2 Å². The molecule has 0 aromatic carbocycles. The topological polar surface area (TPSA) is 349 Å². The van der Waals surface area contributed by atoms with Crippen LogP contribution in [0.5, 0.6) is 0 Å². The fourth-order valence-corrected chi connectivity index (χ4v) is 6.16. The zero-order valence-electron chi connectivity index (χ0n) is 22.4. The molecule has 0 radical (unpaired) electrons. The minimum atomic E-state index is -5.75. The number of ether oxygens (including phenoxy) is 2. The lowest BCUT2D eigenvalue weighted by molar-refractivity contribution is -0.209. The number of hydrogen-bond donors (Lipinski definition) is 9. The van der Waals surface area contributed by atoms with Gasteiger partial charge in [-0.15, -0.1) is 0 Å². The number of rotatable bonds is 18. The van der Waals surface area contributed by atoms with Gasteiger partial charge in [0.2, 0.25) is 0 Å². The van der Waals surface area contributed by atoms with E-state index in [0.29, 0.717) is 12.8 Å². The lowest BCUT2D eigenvalue weighted by atomic mass is 9.85. The van der Waals surface area contributed by atoms with E-state index >= 15 is 0 Å². The maximum Gasteiger partial charge on any atom is 0.472 e. The van der Waals surface area contributed by atoms with Crippen LogP contribution in [0.1, 0.15) is 39.5 Å². The van der Waals surface area contributed by atoms with Gasteiger partial charge in [-0.3, -0.25) is 32.2 Å². The van der Waals surface area contributed by atoms with E-state index in [0.717, 1.165) is 0 Å². The van der Waals surface area contributed by atoms with Gasteiger partial charge in [0, 0.05) is 12.8 Å². The Kier molecular flexibility index (Phi) is 15.7. The van der Waals surface area contributed by atoms with Crippen LogP contribution >= 0.6 is 31.3 Å². The summed E-state index contributed by atoms with van der Waals surface area (Å²) in [5, 5.41) is 21.2. The molecule has 43 heavy (non-hydrogen) atoms. The van der Waals surface area contributed by atoms with E-state index < -0.39 is 99.2 Å². The van der Waals surface area contributed by atoms with Gasteiger partial charge in [0.15, 0.2) is 6.10 Å². The van der Waals surface area contributed by atoms with Crippen LogP contribution < -0.4 is 0 Å². The first-order valence-corrected chi connectivity index (χ1v) is 18.2. The molecule has 0 aromatic heterocycles. The van der Waals surface area contributed by atoms with Crippen LogP contribution in [0.3, 0.4) is 0 Å². The van der Waals surface area contributed by atoms with Crippen molar-refractivity contribution in [1.82, 2.24) is 0 Å². The van der Waals surface area contributed by atoms with Crippen molar-refractivity contribution in [2.75, 3.05) is 13.2 Å². The third-order valence-corrected chi connectivity index (χ3v) is 7.63. The summed E-state index contributed by atoms with van der Waals surface area (Å²) < 4.78 is 79.1. The molecule has 1 fully saturated rings. The molecule has 0 spiro atoms. The Morgan fingerprint density at radius 3 is 1.47 bits per heavy atom. The van der Waals surface area contributed by atoms with Gasteiger partial charge < -0.3 is 53.9 Å². The van der Waals surface area contributed by atoms with E-state index in [1.165, 1.54) is 0 Å². The molecule has 26 heteroatoms. The molecule has 1 aliphatic rings. The van der Waals surface area contributed by atoms with Crippen LogP contribution in [0.2, 0.25) is 0 Å². The number of aliphatic hydroxyl groups is 2. The van der Waals surface area contributed by atoms with Crippen molar-refractivity contribution in [2.45, 2.75) is 82.3 Å². The van der Waals surface area contributed by atoms with E-state index in [2.05, 4.69) is 18.1 Å². The average Bonchev–Trinajstić information content (AvgIpc) is 2.82. The Morgan fingerprint density at radius 2 is 1.05 bits per heavy atom. The molecule has 254 valence electrons. The number of aliphatic hydroxyl groups excluding tert-OH is 2. The molecular weight excluding hydrogens is 680 g/mol. The Hall–Kier alpha value is -0.700. The van der Waals surface area contributed by atoms with Crippen molar-refractivity contribution in [2.24, 2.45) is 0 Å². The number of carbonyl (C=O) groups excluding carboxylic acids is 2. The molecule has 22 nitrogen and oxygen atoms in total. The molecule has 0 heterocycles. The van der Waals surface area contributed by atoms with Crippen LogP contribution in [0.15, 0.2) is 0 Å². The van der Waals surface area contributed by atoms with E-state index in [9.17, 15) is 72.3 Å². The third-order valence-electron chi connectivity index (χ3n) is 5.09. The lowest BCUT2D eigenvalue weighted by Gasteiger charge is -2.45. The number of carbonyl (C=O) groups is 2. The van der Waals surface area contributed by atoms with E-state index in [1.54, 1.807) is 13.8 Å². The second-order valence-electron chi connectivity index (χ2n) is 8.79. The number of phosphoric ester groups is 4. The monoisotopic (exact) mass is 714 g/mol. The largest absolute Gasteiger partial charge is 0.472 e. The summed E-state index contributed by atoms with van der Waals surface area (Å²) in [6.45, 7) is 1.63. The SMILES string of the molecule is CCCC(=O)OC[C@@H](COP(=O)(O)OC1[C@H](O)[C@H](OP(=O)(O)O)C(OP(=O)(O)O)[C@H](OP(=O)(O)O)[C@H]1O)OC(=O)CCC. The highest BCUT2D eigenvalue weighted by Gasteiger charge is 2.58. The van der Waals surface area contributed by atoms with Crippen molar-refractivity contribution in [3.05, 3.63) is 0 Å². The maximum atomic E-state index is 12.7. The maximum absolute atomic E-state index is 12.7. The van der Waals surface area contributed by atoms with Crippen LogP contribution in [0.25, 0.3) is 0 Å². The van der Waals surface area contributed by atoms with Gasteiger partial charge >= 0.3 is 43.2 Å². The van der Waals surface area contributed by atoms with Crippen LogP contribution in [0, 0.1) is 0 Å². The summed E-state index contributed by atoms with van der Waals surface area (Å²) in [5.41, 5.74) is 0. The summed E-state index contributed by atoms with van der Waals surface area (Å²) in [6, 6.07) is 0. The molecule has 8 atom stereocenters. The van der Waals surface area contributed by atoms with E-state index in [1.807, 2.05) is 0 Å². The molecule has 3 unspecified atom stereocenters. The molecule has 0 aliphatic heterocycles. The zero-order chi connectivity index (χ0) is 33.4. The summed E-state index contributed by atoms with van der Waals surface area (Å²) in [5.74, 6) is -1.53. The minimum absolute atomic E-state index is 0.0159. The van der Waals surface area contributed by atoms with Crippen molar-refractivity contribution in [3.8, 4) is 0 Å². The second kappa shape index (κ2) is 16.7. The van der Waals surface area contributed by atoms with Gasteiger partial charge in [0.25, 0.3) is 0 Å². The molecule has 0 aromatic rings. The standard InChI is InChI=1S/C17H34O22P4/c1-3-5-10(18)33-7-9(35-11(19)6-4-2)8-34-43(31,32)39-14-12(20)15(36-40(22,23)24)17(38-42(28,29)30)16(13(14)21)37-41(25,26)27/h9,12-17,20-21H,3-8H2,1-2H3,(H,31,32)(H2,22,23,24)(H2,25,26,27)(H2,28,29,30)/t9-,12-,13-,14?,15-,16+,17?/m0/s1. The number of esters is 2. The summed E-state index contributed by atoms with van der Waals surface area (Å²) in [6.07, 6.45) is -17.3. The van der Waals surface area contributed by atoms with Crippen LogP contribution in [0.4, 0.5) is 0 Å². The fourth-order valence-electron chi connectivity index (χ4n) is 3.51. The zero-order valence-corrected chi connectivity index (χ0v) is 26.0. The Morgan fingerprint density at radius 1 is 0.628 bits per heavy atom. The molecule has 1 saturated carbocycles. The predicted molar refractivity (Wildman–Crippen MR) is 134 cm³/mol. The van der Waals surface area contributed by atoms with Crippen molar-refractivity contribution >= 4 is 43.2 Å². The predicted octanol–water partition coefficient (Wildman–Crippen LogP) is -1.29. The smallest absolute Gasteiger partial charge is 0.462 e. The van der Waals surface area contributed by atoms with Gasteiger partial charge in [-0.25, -0.2) is 18.3 Å². The lowest BCUT2D eigenvalue weighted by Crippen LogP contribution is -2.65. The second-order valence-corrected chi connectivity index (χ2v) is 13.8. The van der Waals surface area contributed by atoms with Gasteiger partial charge in [-0.1, -0.05) is 13.8 Å². The first-order valence-electron chi connectivity index (χ1n) is 12.1. The highest BCUT2D eigenvalue weighted by molar-refractivity contribution is 7.47. The highest BCUT2D eigenvalue weighted by atomic mass is 31.2. The average molecular weight is 714 g/mol.